The Hall–Kier alpha value is -2.36. The minimum atomic E-state index is -0.286. The average Bonchev–Trinajstić information content (AvgIpc) is 2.46. The second-order valence-electron chi connectivity index (χ2n) is 3.75. The van der Waals surface area contributed by atoms with Crippen molar-refractivity contribution in [2.45, 2.75) is 0 Å². The van der Waals surface area contributed by atoms with E-state index in [0.29, 0.717) is 0 Å². The number of hydrogen-bond donors (Lipinski definition) is 1. The van der Waals surface area contributed by atoms with Gasteiger partial charge in [-0.3, -0.25) is 9.78 Å². The molecule has 92 valence electrons. The summed E-state index contributed by atoms with van der Waals surface area (Å²) >= 11 is 0. The summed E-state index contributed by atoms with van der Waals surface area (Å²) in [6, 6.07) is 11.7. The molecule has 0 fully saturated rings. The molecule has 0 amide bonds. The summed E-state index contributed by atoms with van der Waals surface area (Å²) in [6.07, 6.45) is 3.56. The molecule has 0 radical (unpaired) electrons. The molecule has 1 heterocycles. The van der Waals surface area contributed by atoms with Crippen molar-refractivity contribution in [2.24, 2.45) is 0 Å². The molecule has 0 unspecified atom stereocenters. The van der Waals surface area contributed by atoms with E-state index in [2.05, 4.69) is 15.0 Å². The largest absolute Gasteiger partial charge is 0.468 e. The number of rotatable bonds is 4. The van der Waals surface area contributed by atoms with Crippen molar-refractivity contribution in [3.05, 3.63) is 48.8 Å². The molecule has 2 rings (SSSR count). The molecule has 0 saturated carbocycles. The standard InChI is InChI=1S/C14H14N2O2/c1-18-14(17)10-16-13-6-4-11(5-7-13)12-3-2-8-15-9-12/h2-9,16H,10H2,1H3. The van der Waals surface area contributed by atoms with Crippen molar-refractivity contribution in [1.82, 2.24) is 4.98 Å². The normalized spacial score (nSPS) is 9.83. The Morgan fingerprint density at radius 1 is 1.22 bits per heavy atom. The first kappa shape index (κ1) is 12.1. The van der Waals surface area contributed by atoms with Crippen molar-refractivity contribution < 1.29 is 9.53 Å². The van der Waals surface area contributed by atoms with Gasteiger partial charge in [0.15, 0.2) is 0 Å². The first-order valence-electron chi connectivity index (χ1n) is 5.61. The molecular formula is C14H14N2O2. The van der Waals surface area contributed by atoms with Crippen molar-refractivity contribution in [3.8, 4) is 11.1 Å². The zero-order valence-corrected chi connectivity index (χ0v) is 10.1. The number of carbonyl (C=O) groups is 1. The quantitative estimate of drug-likeness (QED) is 0.836. The summed E-state index contributed by atoms with van der Waals surface area (Å²) in [4.78, 5) is 15.1. The lowest BCUT2D eigenvalue weighted by Crippen LogP contribution is -2.14. The number of pyridine rings is 1. The molecule has 1 aromatic heterocycles. The average molecular weight is 242 g/mol. The lowest BCUT2D eigenvalue weighted by atomic mass is 10.1. The summed E-state index contributed by atoms with van der Waals surface area (Å²) in [7, 11) is 1.37. The van der Waals surface area contributed by atoms with Crippen LogP contribution in [0.25, 0.3) is 11.1 Å². The number of hydrogen-bond acceptors (Lipinski definition) is 4. The number of aromatic nitrogens is 1. The van der Waals surface area contributed by atoms with Crippen LogP contribution < -0.4 is 5.32 Å². The smallest absolute Gasteiger partial charge is 0.325 e. The zero-order valence-electron chi connectivity index (χ0n) is 10.1. The fourth-order valence-electron chi connectivity index (χ4n) is 1.56. The van der Waals surface area contributed by atoms with E-state index in [0.717, 1.165) is 16.8 Å². The molecule has 4 nitrogen and oxygen atoms in total. The first-order chi connectivity index (χ1) is 8.79. The molecule has 0 aliphatic carbocycles. The highest BCUT2D eigenvalue weighted by Gasteiger charge is 2.00. The van der Waals surface area contributed by atoms with Crippen LogP contribution in [0, 0.1) is 0 Å². The predicted molar refractivity (Wildman–Crippen MR) is 70.2 cm³/mol. The Balaban J connectivity index is 2.04. The van der Waals surface area contributed by atoms with Gasteiger partial charge in [-0.25, -0.2) is 0 Å². The van der Waals surface area contributed by atoms with Gasteiger partial charge in [-0.1, -0.05) is 18.2 Å². The van der Waals surface area contributed by atoms with Gasteiger partial charge in [-0.05, 0) is 29.3 Å². The fraction of sp³-hybridized carbons (Fsp3) is 0.143. The van der Waals surface area contributed by atoms with Gasteiger partial charge in [0.05, 0.1) is 7.11 Å². The SMILES string of the molecule is COC(=O)CNc1ccc(-c2cccnc2)cc1. The van der Waals surface area contributed by atoms with Gasteiger partial charge in [0.1, 0.15) is 6.54 Å². The van der Waals surface area contributed by atoms with E-state index in [1.165, 1.54) is 7.11 Å². The third-order valence-corrected chi connectivity index (χ3v) is 2.54. The van der Waals surface area contributed by atoms with Crippen LogP contribution in [0.2, 0.25) is 0 Å². The predicted octanol–water partition coefficient (Wildman–Crippen LogP) is 2.33. The molecule has 2 aromatic rings. The van der Waals surface area contributed by atoms with Crippen LogP contribution in [0.1, 0.15) is 0 Å². The lowest BCUT2D eigenvalue weighted by Gasteiger charge is -2.06. The summed E-state index contributed by atoms with van der Waals surface area (Å²) < 4.78 is 4.56. The maximum atomic E-state index is 11.0. The number of benzene rings is 1. The molecular weight excluding hydrogens is 228 g/mol. The number of methoxy groups -OCH3 is 1. The van der Waals surface area contributed by atoms with Crippen LogP contribution >= 0.6 is 0 Å². The van der Waals surface area contributed by atoms with Gasteiger partial charge in [0.25, 0.3) is 0 Å². The number of nitrogens with zero attached hydrogens (tertiary/aromatic N) is 1. The van der Waals surface area contributed by atoms with E-state index in [1.54, 1.807) is 6.20 Å². The van der Waals surface area contributed by atoms with Crippen LogP contribution in [-0.4, -0.2) is 24.6 Å². The molecule has 0 bridgehead atoms. The van der Waals surface area contributed by atoms with Gasteiger partial charge in [-0.15, -0.1) is 0 Å². The number of ether oxygens (including phenoxy) is 1. The summed E-state index contributed by atoms with van der Waals surface area (Å²) in [6.45, 7) is 0.169. The third-order valence-electron chi connectivity index (χ3n) is 2.54. The summed E-state index contributed by atoms with van der Waals surface area (Å²) in [5.41, 5.74) is 3.04. The van der Waals surface area contributed by atoms with Gasteiger partial charge >= 0.3 is 5.97 Å². The fourth-order valence-corrected chi connectivity index (χ4v) is 1.56. The van der Waals surface area contributed by atoms with Crippen LogP contribution in [0.15, 0.2) is 48.8 Å². The van der Waals surface area contributed by atoms with Crippen molar-refractivity contribution >= 4 is 11.7 Å². The molecule has 18 heavy (non-hydrogen) atoms. The topological polar surface area (TPSA) is 51.2 Å². The Kier molecular flexibility index (Phi) is 3.91. The van der Waals surface area contributed by atoms with Crippen LogP contribution in [0.3, 0.4) is 0 Å². The molecule has 0 saturated heterocycles. The number of anilines is 1. The lowest BCUT2D eigenvalue weighted by molar-refractivity contribution is -0.138. The van der Waals surface area contributed by atoms with E-state index < -0.39 is 0 Å². The first-order valence-corrected chi connectivity index (χ1v) is 5.61. The molecule has 0 spiro atoms. The van der Waals surface area contributed by atoms with Crippen LogP contribution in [-0.2, 0) is 9.53 Å². The monoisotopic (exact) mass is 242 g/mol. The maximum absolute atomic E-state index is 11.0. The summed E-state index contributed by atoms with van der Waals surface area (Å²) in [5, 5.41) is 2.98. The zero-order chi connectivity index (χ0) is 12.8. The Bertz CT molecular complexity index is 509. The Morgan fingerprint density at radius 3 is 2.61 bits per heavy atom. The van der Waals surface area contributed by atoms with Crippen molar-refractivity contribution in [1.29, 1.82) is 0 Å². The van der Waals surface area contributed by atoms with Crippen molar-refractivity contribution in [3.63, 3.8) is 0 Å². The van der Waals surface area contributed by atoms with E-state index >= 15 is 0 Å². The van der Waals surface area contributed by atoms with Crippen LogP contribution in [0.4, 0.5) is 5.69 Å². The second kappa shape index (κ2) is 5.82. The Labute approximate surface area is 106 Å². The highest BCUT2D eigenvalue weighted by molar-refractivity contribution is 5.75. The van der Waals surface area contributed by atoms with Gasteiger partial charge in [-0.2, -0.15) is 0 Å². The van der Waals surface area contributed by atoms with E-state index in [1.807, 2.05) is 42.6 Å². The van der Waals surface area contributed by atoms with Crippen molar-refractivity contribution in [2.75, 3.05) is 19.0 Å². The highest BCUT2D eigenvalue weighted by Crippen LogP contribution is 2.20. The van der Waals surface area contributed by atoms with E-state index in [-0.39, 0.29) is 12.5 Å². The second-order valence-corrected chi connectivity index (χ2v) is 3.75. The number of carbonyl (C=O) groups excluding carboxylic acids is 1. The minimum Gasteiger partial charge on any atom is -0.468 e. The maximum Gasteiger partial charge on any atom is 0.325 e. The molecule has 1 aromatic carbocycles. The number of nitrogens with one attached hydrogen (secondary N) is 1. The molecule has 0 aliphatic rings. The summed E-state index contributed by atoms with van der Waals surface area (Å²) in [5.74, 6) is -0.286. The third kappa shape index (κ3) is 3.07. The van der Waals surface area contributed by atoms with Crippen LogP contribution in [0.5, 0.6) is 0 Å². The molecule has 0 atom stereocenters. The number of esters is 1. The van der Waals surface area contributed by atoms with Gasteiger partial charge in [0, 0.05) is 18.1 Å². The van der Waals surface area contributed by atoms with E-state index in [9.17, 15) is 4.79 Å². The Morgan fingerprint density at radius 2 is 2.00 bits per heavy atom. The molecule has 4 heteroatoms. The van der Waals surface area contributed by atoms with Gasteiger partial charge in [0.2, 0.25) is 0 Å². The minimum absolute atomic E-state index is 0.169. The van der Waals surface area contributed by atoms with E-state index in [4.69, 9.17) is 0 Å². The molecule has 0 aliphatic heterocycles. The molecule has 1 N–H and O–H groups in total. The highest BCUT2D eigenvalue weighted by atomic mass is 16.5. The van der Waals surface area contributed by atoms with Gasteiger partial charge < -0.3 is 10.1 Å².